The molecular formula is C78H152O17P2. The van der Waals surface area contributed by atoms with Crippen LogP contribution in [0.5, 0.6) is 0 Å². The molecule has 0 rings (SSSR count). The number of carbonyl (C=O) groups excluding carboxylic acids is 4. The Kier molecular flexibility index (Phi) is 67.1. The molecule has 576 valence electrons. The quantitative estimate of drug-likeness (QED) is 0.0222. The second-order valence-corrected chi connectivity index (χ2v) is 32.0. The summed E-state index contributed by atoms with van der Waals surface area (Å²) in [6.45, 7) is 12.0. The summed E-state index contributed by atoms with van der Waals surface area (Å²) in [5.41, 5.74) is 0. The third-order valence-electron chi connectivity index (χ3n) is 18.9. The van der Waals surface area contributed by atoms with Crippen LogP contribution < -0.4 is 0 Å². The molecule has 17 nitrogen and oxygen atoms in total. The molecule has 7 atom stereocenters. The number of hydrogen-bond acceptors (Lipinski definition) is 15. The minimum absolute atomic E-state index is 0.106. The Bertz CT molecular complexity index is 1890. The summed E-state index contributed by atoms with van der Waals surface area (Å²) in [5.74, 6) is 0.331. The largest absolute Gasteiger partial charge is 0.472 e. The number of unbranched alkanes of at least 4 members (excludes halogenated alkanes) is 42. The van der Waals surface area contributed by atoms with Crippen LogP contribution >= 0.6 is 15.6 Å². The molecule has 0 heterocycles. The van der Waals surface area contributed by atoms with Crippen LogP contribution in [0.1, 0.15) is 402 Å². The van der Waals surface area contributed by atoms with E-state index in [1.54, 1.807) is 0 Å². The lowest BCUT2D eigenvalue weighted by Gasteiger charge is -2.21. The molecule has 0 bridgehead atoms. The van der Waals surface area contributed by atoms with Gasteiger partial charge >= 0.3 is 39.5 Å². The molecule has 0 spiro atoms. The van der Waals surface area contributed by atoms with E-state index in [9.17, 15) is 43.2 Å². The van der Waals surface area contributed by atoms with Crippen molar-refractivity contribution in [1.29, 1.82) is 0 Å². The topological polar surface area (TPSA) is 237 Å². The molecule has 19 heteroatoms. The lowest BCUT2D eigenvalue weighted by molar-refractivity contribution is -0.161. The fraction of sp³-hybridized carbons (Fsp3) is 0.949. The van der Waals surface area contributed by atoms with Gasteiger partial charge in [0.05, 0.1) is 26.4 Å². The van der Waals surface area contributed by atoms with Crippen LogP contribution in [-0.2, 0) is 65.4 Å². The molecule has 0 fully saturated rings. The highest BCUT2D eigenvalue weighted by atomic mass is 31.2. The molecule has 4 unspecified atom stereocenters. The highest BCUT2D eigenvalue weighted by molar-refractivity contribution is 7.47. The van der Waals surface area contributed by atoms with Crippen molar-refractivity contribution in [2.75, 3.05) is 39.6 Å². The van der Waals surface area contributed by atoms with Crippen molar-refractivity contribution < 1.29 is 80.2 Å². The highest BCUT2D eigenvalue weighted by Crippen LogP contribution is 2.45. The summed E-state index contributed by atoms with van der Waals surface area (Å²) in [5, 5.41) is 10.6. The van der Waals surface area contributed by atoms with Gasteiger partial charge in [-0.3, -0.25) is 37.3 Å². The minimum atomic E-state index is -4.96. The van der Waals surface area contributed by atoms with E-state index in [0.717, 1.165) is 114 Å². The molecule has 0 aliphatic rings. The molecule has 0 radical (unpaired) electrons. The zero-order valence-electron chi connectivity index (χ0n) is 63.5. The van der Waals surface area contributed by atoms with Gasteiger partial charge in [-0.1, -0.05) is 350 Å². The van der Waals surface area contributed by atoms with Crippen molar-refractivity contribution in [3.8, 4) is 0 Å². The van der Waals surface area contributed by atoms with Crippen molar-refractivity contribution in [2.24, 2.45) is 17.8 Å². The van der Waals surface area contributed by atoms with Gasteiger partial charge in [0.2, 0.25) is 0 Å². The summed E-state index contributed by atoms with van der Waals surface area (Å²) in [6.07, 6.45) is 55.4. The third-order valence-corrected chi connectivity index (χ3v) is 20.8. The van der Waals surface area contributed by atoms with Gasteiger partial charge in [0.1, 0.15) is 19.3 Å². The lowest BCUT2D eigenvalue weighted by atomic mass is 9.99. The molecule has 97 heavy (non-hydrogen) atoms. The van der Waals surface area contributed by atoms with Crippen LogP contribution in [0.2, 0.25) is 0 Å². The average molecular weight is 1420 g/mol. The van der Waals surface area contributed by atoms with E-state index in [4.69, 9.17) is 37.0 Å². The number of aliphatic hydroxyl groups excluding tert-OH is 1. The predicted molar refractivity (Wildman–Crippen MR) is 395 cm³/mol. The third kappa shape index (κ3) is 69.5. The van der Waals surface area contributed by atoms with Crippen LogP contribution in [0.4, 0.5) is 0 Å². The molecule has 0 aliphatic carbocycles. The minimum Gasteiger partial charge on any atom is -0.462 e. The van der Waals surface area contributed by atoms with Gasteiger partial charge < -0.3 is 33.8 Å². The van der Waals surface area contributed by atoms with Gasteiger partial charge in [-0.15, -0.1) is 0 Å². The van der Waals surface area contributed by atoms with Crippen molar-refractivity contribution in [3.05, 3.63) is 0 Å². The standard InChI is InChI=1S/C78H152O17P2/c1-8-11-12-13-14-38-45-52-59-75(80)88-65-73(94-78(83)62-55-48-41-34-28-27-31-37-44-51-58-71(7)10-3)67-92-96(84,85)90-63-72(79)64-91-97(86,87)93-68-74(66-89-76(81)60-53-46-39-32-25-21-17-15-19-23-29-35-42-49-56-69(4)5)95-77(82)61-54-47-40-33-26-22-18-16-20-24-30-36-43-50-57-70(6)9-2/h69-74,79H,8-68H2,1-7H3,(H,84,85)(H,86,87)/t70?,71?,72-,73+,74+/m0/s1. The van der Waals surface area contributed by atoms with E-state index in [2.05, 4.69) is 48.5 Å². The molecule has 0 aliphatic heterocycles. The summed E-state index contributed by atoms with van der Waals surface area (Å²) < 4.78 is 68.6. The number of ether oxygens (including phenoxy) is 4. The van der Waals surface area contributed by atoms with Crippen LogP contribution in [0.3, 0.4) is 0 Å². The van der Waals surface area contributed by atoms with Crippen molar-refractivity contribution in [3.63, 3.8) is 0 Å². The monoisotopic (exact) mass is 1420 g/mol. The van der Waals surface area contributed by atoms with Crippen molar-refractivity contribution in [1.82, 2.24) is 0 Å². The van der Waals surface area contributed by atoms with Gasteiger partial charge in [-0.25, -0.2) is 9.13 Å². The summed E-state index contributed by atoms with van der Waals surface area (Å²) >= 11 is 0. The number of esters is 4. The Balaban J connectivity index is 5.22. The van der Waals surface area contributed by atoms with Crippen molar-refractivity contribution >= 4 is 39.5 Å². The number of phosphoric acid groups is 2. The molecular weight excluding hydrogens is 1270 g/mol. The summed E-state index contributed by atoms with van der Waals surface area (Å²) in [7, 11) is -9.91. The zero-order valence-corrected chi connectivity index (χ0v) is 65.3. The molecule has 0 saturated carbocycles. The molecule has 0 aromatic rings. The Morgan fingerprint density at radius 2 is 0.526 bits per heavy atom. The smallest absolute Gasteiger partial charge is 0.462 e. The van der Waals surface area contributed by atoms with E-state index in [1.165, 1.54) is 205 Å². The molecule has 0 aromatic carbocycles. The maximum absolute atomic E-state index is 13.1. The first-order chi connectivity index (χ1) is 46.8. The average Bonchev–Trinajstić information content (AvgIpc) is 1.04. The van der Waals surface area contributed by atoms with Gasteiger partial charge in [0, 0.05) is 25.7 Å². The second kappa shape index (κ2) is 68.5. The first kappa shape index (κ1) is 95.1. The van der Waals surface area contributed by atoms with E-state index >= 15 is 0 Å². The van der Waals surface area contributed by atoms with Crippen LogP contribution in [-0.4, -0.2) is 96.7 Å². The van der Waals surface area contributed by atoms with Gasteiger partial charge in [-0.05, 0) is 43.4 Å². The Morgan fingerprint density at radius 3 is 0.784 bits per heavy atom. The van der Waals surface area contributed by atoms with Crippen LogP contribution in [0, 0.1) is 17.8 Å². The Hall–Kier alpha value is -1.94. The predicted octanol–water partition coefficient (Wildman–Crippen LogP) is 23.0. The number of rotatable bonds is 76. The number of aliphatic hydroxyl groups is 1. The molecule has 0 aromatic heterocycles. The van der Waals surface area contributed by atoms with Gasteiger partial charge in [0.15, 0.2) is 12.2 Å². The van der Waals surface area contributed by atoms with E-state index in [-0.39, 0.29) is 25.7 Å². The van der Waals surface area contributed by atoms with E-state index in [1.807, 2.05) is 0 Å². The fourth-order valence-corrected chi connectivity index (χ4v) is 13.5. The summed E-state index contributed by atoms with van der Waals surface area (Å²) in [6, 6.07) is 0. The van der Waals surface area contributed by atoms with Gasteiger partial charge in [0.25, 0.3) is 0 Å². The zero-order chi connectivity index (χ0) is 71.6. The number of phosphoric ester groups is 2. The SMILES string of the molecule is CCCCCCCCCCC(=O)OC[C@H](COP(=O)(O)OC[C@H](O)COP(=O)(O)OC[C@@H](COC(=O)CCCCCCCCCCCCCCCCC(C)C)OC(=O)CCCCCCCCCCCCCCCCC(C)CC)OC(=O)CCCCCCCCCCCCC(C)CC. The van der Waals surface area contributed by atoms with Crippen LogP contribution in [0.25, 0.3) is 0 Å². The maximum atomic E-state index is 13.1. The maximum Gasteiger partial charge on any atom is 0.472 e. The van der Waals surface area contributed by atoms with Crippen LogP contribution in [0.15, 0.2) is 0 Å². The Morgan fingerprint density at radius 1 is 0.299 bits per heavy atom. The van der Waals surface area contributed by atoms with Crippen molar-refractivity contribution in [2.45, 2.75) is 420 Å². The molecule has 3 N–H and O–H groups in total. The van der Waals surface area contributed by atoms with E-state index in [0.29, 0.717) is 25.7 Å². The fourth-order valence-electron chi connectivity index (χ4n) is 11.9. The molecule has 0 saturated heterocycles. The second-order valence-electron chi connectivity index (χ2n) is 29.1. The lowest BCUT2D eigenvalue weighted by Crippen LogP contribution is -2.30. The number of hydrogen-bond donors (Lipinski definition) is 3. The highest BCUT2D eigenvalue weighted by Gasteiger charge is 2.30. The number of carbonyl (C=O) groups is 4. The summed E-state index contributed by atoms with van der Waals surface area (Å²) in [4.78, 5) is 72.8. The molecule has 0 amide bonds. The first-order valence-electron chi connectivity index (χ1n) is 40.4. The first-order valence-corrected chi connectivity index (χ1v) is 43.4. The normalized spacial score (nSPS) is 14.6. The van der Waals surface area contributed by atoms with Gasteiger partial charge in [-0.2, -0.15) is 0 Å². The Labute approximate surface area is 594 Å². The van der Waals surface area contributed by atoms with E-state index < -0.39 is 97.5 Å².